The van der Waals surface area contributed by atoms with Gasteiger partial charge >= 0.3 is 5.97 Å². The van der Waals surface area contributed by atoms with Gasteiger partial charge in [-0.25, -0.2) is 9.78 Å². The largest absolute Gasteiger partial charge is 0.464 e. The van der Waals surface area contributed by atoms with E-state index in [-0.39, 0.29) is 11.6 Å². The molecular formula is C11H12N4O4. The van der Waals surface area contributed by atoms with Crippen LogP contribution in [0.3, 0.4) is 0 Å². The maximum absolute atomic E-state index is 11.7. The highest BCUT2D eigenvalue weighted by atomic mass is 17.2. The molecule has 0 aromatic carbocycles. The molecule has 0 atom stereocenters. The van der Waals surface area contributed by atoms with Crippen LogP contribution < -0.4 is 4.89 Å². The van der Waals surface area contributed by atoms with E-state index in [0.717, 1.165) is 0 Å². The minimum Gasteiger partial charge on any atom is -0.464 e. The zero-order valence-electron chi connectivity index (χ0n) is 10.7. The summed E-state index contributed by atoms with van der Waals surface area (Å²) in [5.74, 6) is -0.325. The van der Waals surface area contributed by atoms with Gasteiger partial charge < -0.3 is 9.62 Å². The lowest BCUT2D eigenvalue weighted by molar-refractivity contribution is -0.181. The molecule has 2 aromatic rings. The van der Waals surface area contributed by atoms with Crippen LogP contribution in [-0.2, 0) is 16.7 Å². The van der Waals surface area contributed by atoms with Gasteiger partial charge in [0.1, 0.15) is 0 Å². The number of carbonyl (C=O) groups excluding carboxylic acids is 1. The van der Waals surface area contributed by atoms with Crippen LogP contribution in [0, 0.1) is 0 Å². The second-order valence-electron chi connectivity index (χ2n) is 3.51. The third-order valence-electron chi connectivity index (χ3n) is 2.37. The fraction of sp³-hybridized carbons (Fsp3) is 0.273. The third-order valence-corrected chi connectivity index (χ3v) is 2.37. The molecule has 2 rings (SSSR count). The molecule has 100 valence electrons. The van der Waals surface area contributed by atoms with E-state index in [0.29, 0.717) is 11.3 Å². The van der Waals surface area contributed by atoms with Gasteiger partial charge in [-0.15, -0.1) is 0 Å². The van der Waals surface area contributed by atoms with E-state index in [4.69, 9.17) is 9.62 Å². The molecule has 0 radical (unpaired) electrons. The van der Waals surface area contributed by atoms with E-state index in [9.17, 15) is 4.79 Å². The molecule has 8 nitrogen and oxygen atoms in total. The number of aromatic nitrogens is 4. The van der Waals surface area contributed by atoms with Gasteiger partial charge in [0.2, 0.25) is 0 Å². The van der Waals surface area contributed by atoms with Gasteiger partial charge in [-0.3, -0.25) is 9.67 Å². The molecule has 0 N–H and O–H groups in total. The Kier molecular flexibility index (Phi) is 3.71. The van der Waals surface area contributed by atoms with Gasteiger partial charge in [0.05, 0.1) is 44.1 Å². The number of esters is 1. The smallest absolute Gasteiger partial charge is 0.357 e. The molecule has 0 saturated heterocycles. The predicted molar refractivity (Wildman–Crippen MR) is 63.2 cm³/mol. The maximum atomic E-state index is 11.7. The summed E-state index contributed by atoms with van der Waals surface area (Å²) in [5.41, 5.74) is 1.22. The molecule has 19 heavy (non-hydrogen) atoms. The number of hydrogen-bond acceptors (Lipinski definition) is 7. The number of aryl methyl sites for hydroxylation is 1. The molecule has 0 aliphatic heterocycles. The van der Waals surface area contributed by atoms with Crippen molar-refractivity contribution >= 4 is 5.97 Å². The lowest BCUT2D eigenvalue weighted by atomic mass is 10.2. The molecule has 0 bridgehead atoms. The second kappa shape index (κ2) is 5.44. The fourth-order valence-corrected chi connectivity index (χ4v) is 1.57. The fourth-order valence-electron chi connectivity index (χ4n) is 1.57. The van der Waals surface area contributed by atoms with E-state index < -0.39 is 5.97 Å². The van der Waals surface area contributed by atoms with Crippen LogP contribution in [0.25, 0.3) is 11.3 Å². The third kappa shape index (κ3) is 2.52. The first-order valence-electron chi connectivity index (χ1n) is 5.30. The van der Waals surface area contributed by atoms with Crippen LogP contribution in [-0.4, -0.2) is 39.9 Å². The summed E-state index contributed by atoms with van der Waals surface area (Å²) in [6.45, 7) is 0. The van der Waals surface area contributed by atoms with Crippen molar-refractivity contribution in [2.75, 3.05) is 14.2 Å². The van der Waals surface area contributed by atoms with Crippen molar-refractivity contribution in [3.8, 4) is 17.1 Å². The normalized spacial score (nSPS) is 10.3. The van der Waals surface area contributed by atoms with Gasteiger partial charge in [-0.2, -0.15) is 9.99 Å². The summed E-state index contributed by atoms with van der Waals surface area (Å²) in [7, 11) is 4.30. The molecular weight excluding hydrogens is 252 g/mol. The monoisotopic (exact) mass is 264 g/mol. The molecule has 0 aliphatic carbocycles. The van der Waals surface area contributed by atoms with E-state index in [1.807, 2.05) is 0 Å². The van der Waals surface area contributed by atoms with Crippen LogP contribution in [0.5, 0.6) is 5.88 Å². The van der Waals surface area contributed by atoms with Gasteiger partial charge in [0.15, 0.2) is 5.69 Å². The maximum Gasteiger partial charge on any atom is 0.357 e. The topological polar surface area (TPSA) is 88.4 Å². The summed E-state index contributed by atoms with van der Waals surface area (Å²) in [6, 6.07) is 0. The van der Waals surface area contributed by atoms with Crippen molar-refractivity contribution in [1.29, 1.82) is 0 Å². The molecule has 2 aromatic heterocycles. The first-order chi connectivity index (χ1) is 9.17. The Balaban J connectivity index is 2.47. The Labute approximate surface area is 108 Å². The molecule has 8 heteroatoms. The molecule has 0 amide bonds. The number of ether oxygens (including phenoxy) is 1. The Bertz CT molecular complexity index is 596. The highest BCUT2D eigenvalue weighted by Crippen LogP contribution is 2.22. The predicted octanol–water partition coefficient (Wildman–Crippen LogP) is 0.604. The van der Waals surface area contributed by atoms with Crippen LogP contribution in [0.1, 0.15) is 10.5 Å². The number of nitrogens with zero attached hydrogens (tertiary/aromatic N) is 4. The SMILES string of the molecule is COOc1cncc(-c2cnn(C)c2C(=O)OC)n1. The second-order valence-corrected chi connectivity index (χ2v) is 3.51. The molecule has 0 saturated carbocycles. The van der Waals surface area contributed by atoms with Crippen molar-refractivity contribution in [3.63, 3.8) is 0 Å². The first kappa shape index (κ1) is 13.0. The average molecular weight is 264 g/mol. The van der Waals surface area contributed by atoms with E-state index >= 15 is 0 Å². The van der Waals surface area contributed by atoms with Crippen molar-refractivity contribution in [2.24, 2.45) is 7.05 Å². The zero-order valence-corrected chi connectivity index (χ0v) is 10.7. The Morgan fingerprint density at radius 3 is 2.74 bits per heavy atom. The highest BCUT2D eigenvalue weighted by Gasteiger charge is 2.20. The van der Waals surface area contributed by atoms with Crippen LogP contribution in [0.2, 0.25) is 0 Å². The Morgan fingerprint density at radius 1 is 1.26 bits per heavy atom. The zero-order chi connectivity index (χ0) is 13.8. The van der Waals surface area contributed by atoms with E-state index in [1.165, 1.54) is 37.5 Å². The van der Waals surface area contributed by atoms with Gasteiger partial charge in [-0.1, -0.05) is 0 Å². The summed E-state index contributed by atoms with van der Waals surface area (Å²) < 4.78 is 6.12. The minimum absolute atomic E-state index is 0.180. The lowest BCUT2D eigenvalue weighted by Gasteiger charge is -2.04. The quantitative estimate of drug-likeness (QED) is 0.454. The van der Waals surface area contributed by atoms with Crippen LogP contribution in [0.4, 0.5) is 0 Å². The summed E-state index contributed by atoms with van der Waals surface area (Å²) in [6.07, 6.45) is 4.39. The Morgan fingerprint density at radius 2 is 2.05 bits per heavy atom. The summed E-state index contributed by atoms with van der Waals surface area (Å²) >= 11 is 0. The van der Waals surface area contributed by atoms with Crippen LogP contribution >= 0.6 is 0 Å². The van der Waals surface area contributed by atoms with Crippen molar-refractivity contribution < 1.29 is 19.3 Å². The van der Waals surface area contributed by atoms with Gasteiger partial charge in [0, 0.05) is 7.05 Å². The molecule has 0 spiro atoms. The molecule has 0 fully saturated rings. The number of hydrogen-bond donors (Lipinski definition) is 0. The first-order valence-corrected chi connectivity index (χ1v) is 5.30. The van der Waals surface area contributed by atoms with E-state index in [2.05, 4.69) is 20.0 Å². The van der Waals surface area contributed by atoms with Crippen LogP contribution in [0.15, 0.2) is 18.6 Å². The van der Waals surface area contributed by atoms with E-state index in [1.54, 1.807) is 7.05 Å². The molecule has 0 unspecified atom stereocenters. The number of methoxy groups -OCH3 is 1. The summed E-state index contributed by atoms with van der Waals surface area (Å²) in [5, 5.41) is 4.01. The highest BCUT2D eigenvalue weighted by molar-refractivity contribution is 5.94. The number of rotatable bonds is 4. The standard InChI is InChI=1S/C11H12N4O4/c1-15-10(11(16)17-2)7(4-13-15)8-5-12-6-9(14-8)19-18-3/h4-6H,1-3H3. The van der Waals surface area contributed by atoms with Crippen molar-refractivity contribution in [3.05, 3.63) is 24.3 Å². The van der Waals surface area contributed by atoms with Gasteiger partial charge in [0.25, 0.3) is 5.88 Å². The lowest BCUT2D eigenvalue weighted by Crippen LogP contribution is -2.10. The Hall–Kier alpha value is -2.48. The molecule has 0 aliphatic rings. The average Bonchev–Trinajstić information content (AvgIpc) is 2.80. The van der Waals surface area contributed by atoms with Gasteiger partial charge in [-0.05, 0) is 0 Å². The van der Waals surface area contributed by atoms with Crippen molar-refractivity contribution in [1.82, 2.24) is 19.7 Å². The summed E-state index contributed by atoms with van der Waals surface area (Å²) in [4.78, 5) is 29.1. The number of carbonyl (C=O) groups is 1. The molecule has 2 heterocycles. The van der Waals surface area contributed by atoms with Crippen molar-refractivity contribution in [2.45, 2.75) is 0 Å². The minimum atomic E-state index is -0.505.